The lowest BCUT2D eigenvalue weighted by molar-refractivity contribution is 0.103. The van der Waals surface area contributed by atoms with Crippen LogP contribution in [0.15, 0.2) is 12.1 Å². The van der Waals surface area contributed by atoms with Crippen LogP contribution < -0.4 is 10.1 Å². The summed E-state index contributed by atoms with van der Waals surface area (Å²) in [6, 6.07) is 3.88. The second-order valence-electron chi connectivity index (χ2n) is 5.46. The Morgan fingerprint density at radius 3 is 2.67 bits per heavy atom. The molecule has 1 rings (SSSR count). The minimum atomic E-state index is -0.558. The van der Waals surface area contributed by atoms with Crippen molar-refractivity contribution in [1.82, 2.24) is 5.32 Å². The average molecular weight is 316 g/mol. The third-order valence-corrected chi connectivity index (χ3v) is 3.61. The van der Waals surface area contributed by atoms with Crippen molar-refractivity contribution in [2.24, 2.45) is 0 Å². The Bertz CT molecular complexity index is 438. The zero-order chi connectivity index (χ0) is 15.8. The molecular weight excluding hydrogens is 290 g/mol. The van der Waals surface area contributed by atoms with Gasteiger partial charge in [-0.2, -0.15) is 0 Å². The van der Waals surface area contributed by atoms with Crippen molar-refractivity contribution in [3.63, 3.8) is 0 Å². The van der Waals surface area contributed by atoms with Gasteiger partial charge in [-0.3, -0.25) is 0 Å². The number of hydrogen-bond donors (Lipinski definition) is 2. The normalized spacial score (nSPS) is 12.7. The van der Waals surface area contributed by atoms with Gasteiger partial charge in [0.05, 0.1) is 6.61 Å². The maximum atomic E-state index is 9.91. The van der Waals surface area contributed by atoms with Crippen LogP contribution in [-0.2, 0) is 4.74 Å². The monoisotopic (exact) mass is 315 g/mol. The van der Waals surface area contributed by atoms with Gasteiger partial charge >= 0.3 is 0 Å². The Kier molecular flexibility index (Phi) is 8.04. The van der Waals surface area contributed by atoms with Gasteiger partial charge in [-0.1, -0.05) is 25.4 Å². The number of halogens is 1. The van der Waals surface area contributed by atoms with Crippen molar-refractivity contribution >= 4 is 11.6 Å². The van der Waals surface area contributed by atoms with Crippen molar-refractivity contribution in [2.45, 2.75) is 32.8 Å². The van der Waals surface area contributed by atoms with E-state index in [9.17, 15) is 5.11 Å². The van der Waals surface area contributed by atoms with Gasteiger partial charge in [-0.15, -0.1) is 0 Å². The van der Waals surface area contributed by atoms with Gasteiger partial charge in [0.2, 0.25) is 0 Å². The third kappa shape index (κ3) is 6.22. The van der Waals surface area contributed by atoms with Crippen LogP contribution in [0.1, 0.15) is 30.9 Å². The highest BCUT2D eigenvalue weighted by atomic mass is 35.5. The van der Waals surface area contributed by atoms with Crippen LogP contribution in [0.5, 0.6) is 5.75 Å². The van der Waals surface area contributed by atoms with Gasteiger partial charge in [0.15, 0.2) is 0 Å². The second kappa shape index (κ2) is 9.26. The summed E-state index contributed by atoms with van der Waals surface area (Å²) in [6.07, 6.45) is -0.558. The number of hydrogen-bond acceptors (Lipinski definition) is 4. The first-order valence-electron chi connectivity index (χ1n) is 7.26. The standard InChI is InChI=1S/C16H26ClNO3/c1-11(2)14-8-15(17)12(3)7-16(14)21-10-13(19)9-18-5-6-20-4/h7-8,11,13,18-19H,5-6,9-10H2,1-4H3/t13-/m1/s1. The topological polar surface area (TPSA) is 50.7 Å². The summed E-state index contributed by atoms with van der Waals surface area (Å²) in [4.78, 5) is 0. The number of aryl methyl sites for hydroxylation is 1. The van der Waals surface area contributed by atoms with Crippen LogP contribution in [-0.4, -0.2) is 44.6 Å². The van der Waals surface area contributed by atoms with Crippen LogP contribution in [0.3, 0.4) is 0 Å². The largest absolute Gasteiger partial charge is 0.491 e. The third-order valence-electron chi connectivity index (χ3n) is 3.21. The number of aliphatic hydroxyl groups excluding tert-OH is 1. The number of rotatable bonds is 9. The van der Waals surface area contributed by atoms with E-state index in [2.05, 4.69) is 19.2 Å². The van der Waals surface area contributed by atoms with Crippen LogP contribution in [0.2, 0.25) is 5.02 Å². The van der Waals surface area contributed by atoms with Crippen molar-refractivity contribution < 1.29 is 14.6 Å². The molecule has 120 valence electrons. The van der Waals surface area contributed by atoms with E-state index in [4.69, 9.17) is 21.1 Å². The Hall–Kier alpha value is -0.810. The summed E-state index contributed by atoms with van der Waals surface area (Å²) < 4.78 is 10.7. The van der Waals surface area contributed by atoms with Crippen molar-refractivity contribution in [1.29, 1.82) is 0 Å². The summed E-state index contributed by atoms with van der Waals surface area (Å²) in [6.45, 7) is 8.20. The number of methoxy groups -OCH3 is 1. The molecule has 0 bridgehead atoms. The van der Waals surface area contributed by atoms with Gasteiger partial charge in [0.25, 0.3) is 0 Å². The summed E-state index contributed by atoms with van der Waals surface area (Å²) in [5.74, 6) is 1.11. The highest BCUT2D eigenvalue weighted by molar-refractivity contribution is 6.31. The fourth-order valence-electron chi connectivity index (χ4n) is 1.93. The Morgan fingerprint density at radius 1 is 1.33 bits per heavy atom. The molecule has 0 saturated carbocycles. The SMILES string of the molecule is COCCNC[C@@H](O)COc1cc(C)c(Cl)cc1C(C)C. The quantitative estimate of drug-likeness (QED) is 0.688. The lowest BCUT2D eigenvalue weighted by Crippen LogP contribution is -2.33. The lowest BCUT2D eigenvalue weighted by atomic mass is 10.0. The fourth-order valence-corrected chi connectivity index (χ4v) is 2.11. The zero-order valence-electron chi connectivity index (χ0n) is 13.3. The first-order valence-corrected chi connectivity index (χ1v) is 7.64. The molecule has 0 fully saturated rings. The van der Waals surface area contributed by atoms with Crippen LogP contribution in [0.25, 0.3) is 0 Å². The molecule has 0 aliphatic carbocycles. The van der Waals surface area contributed by atoms with Crippen LogP contribution in [0, 0.1) is 6.92 Å². The number of ether oxygens (including phenoxy) is 2. The number of aliphatic hydroxyl groups is 1. The Labute approximate surface area is 132 Å². The molecule has 0 unspecified atom stereocenters. The van der Waals surface area contributed by atoms with Gasteiger partial charge < -0.3 is 19.9 Å². The molecule has 2 N–H and O–H groups in total. The molecule has 0 heterocycles. The zero-order valence-corrected chi connectivity index (χ0v) is 14.0. The minimum Gasteiger partial charge on any atom is -0.491 e. The predicted octanol–water partition coefficient (Wildman–Crippen LogP) is 2.75. The van der Waals surface area contributed by atoms with Gasteiger partial charge in [-0.05, 0) is 36.1 Å². The van der Waals surface area contributed by atoms with E-state index in [-0.39, 0.29) is 6.61 Å². The summed E-state index contributed by atoms with van der Waals surface area (Å²) >= 11 is 6.16. The molecule has 0 amide bonds. The predicted molar refractivity (Wildman–Crippen MR) is 86.5 cm³/mol. The molecule has 4 nitrogen and oxygen atoms in total. The lowest BCUT2D eigenvalue weighted by Gasteiger charge is -2.18. The van der Waals surface area contributed by atoms with E-state index >= 15 is 0 Å². The first kappa shape index (κ1) is 18.2. The van der Waals surface area contributed by atoms with E-state index in [1.807, 2.05) is 19.1 Å². The molecule has 1 aromatic carbocycles. The van der Waals surface area contributed by atoms with Gasteiger partial charge in [0, 0.05) is 25.2 Å². The maximum Gasteiger partial charge on any atom is 0.123 e. The minimum absolute atomic E-state index is 0.251. The fraction of sp³-hybridized carbons (Fsp3) is 0.625. The van der Waals surface area contributed by atoms with E-state index in [0.717, 1.165) is 21.9 Å². The maximum absolute atomic E-state index is 9.91. The van der Waals surface area contributed by atoms with Gasteiger partial charge in [-0.25, -0.2) is 0 Å². The molecule has 0 saturated heterocycles. The molecule has 0 spiro atoms. The van der Waals surface area contributed by atoms with Crippen LogP contribution in [0.4, 0.5) is 0 Å². The number of benzene rings is 1. The molecule has 21 heavy (non-hydrogen) atoms. The van der Waals surface area contributed by atoms with Crippen molar-refractivity contribution in [3.05, 3.63) is 28.3 Å². The first-order chi connectivity index (χ1) is 9.95. The summed E-state index contributed by atoms with van der Waals surface area (Å²) in [7, 11) is 1.65. The number of nitrogens with one attached hydrogen (secondary N) is 1. The Morgan fingerprint density at radius 2 is 2.05 bits per heavy atom. The van der Waals surface area contributed by atoms with E-state index in [1.165, 1.54) is 0 Å². The summed E-state index contributed by atoms with van der Waals surface area (Å²) in [5.41, 5.74) is 2.04. The molecule has 0 aliphatic heterocycles. The highest BCUT2D eigenvalue weighted by Gasteiger charge is 2.13. The molecule has 5 heteroatoms. The Balaban J connectivity index is 2.56. The average Bonchev–Trinajstić information content (AvgIpc) is 2.44. The molecule has 0 aliphatic rings. The summed E-state index contributed by atoms with van der Waals surface area (Å²) in [5, 5.41) is 13.8. The van der Waals surface area contributed by atoms with E-state index in [1.54, 1.807) is 7.11 Å². The highest BCUT2D eigenvalue weighted by Crippen LogP contribution is 2.32. The van der Waals surface area contributed by atoms with Crippen LogP contribution >= 0.6 is 11.6 Å². The second-order valence-corrected chi connectivity index (χ2v) is 5.86. The van der Waals surface area contributed by atoms with Crippen molar-refractivity contribution in [2.75, 3.05) is 33.4 Å². The van der Waals surface area contributed by atoms with Crippen molar-refractivity contribution in [3.8, 4) is 5.75 Å². The van der Waals surface area contributed by atoms with E-state index < -0.39 is 6.10 Å². The molecule has 1 atom stereocenters. The smallest absolute Gasteiger partial charge is 0.123 e. The van der Waals surface area contributed by atoms with Gasteiger partial charge in [0.1, 0.15) is 18.5 Å². The molecule has 0 radical (unpaired) electrons. The molecular formula is C16H26ClNO3. The molecule has 0 aromatic heterocycles. The van der Waals surface area contributed by atoms with E-state index in [0.29, 0.717) is 25.6 Å². The molecule has 1 aromatic rings.